The highest BCUT2D eigenvalue weighted by atomic mass is 32.3. The van der Waals surface area contributed by atoms with Crippen LogP contribution < -0.4 is 15.4 Å². The monoisotopic (exact) mass is 632 g/mol. The zero-order valence-electron chi connectivity index (χ0n) is 24.0. The van der Waals surface area contributed by atoms with Gasteiger partial charge in [0.2, 0.25) is 10.0 Å². The van der Waals surface area contributed by atoms with Crippen molar-refractivity contribution in [1.29, 1.82) is 0 Å². The first-order chi connectivity index (χ1) is 20.1. The molecule has 1 aliphatic carbocycles. The van der Waals surface area contributed by atoms with Gasteiger partial charge in [-0.1, -0.05) is 42.8 Å². The van der Waals surface area contributed by atoms with Crippen LogP contribution in [0.2, 0.25) is 0 Å². The molecular weight excluding hydrogens is 596 g/mol. The van der Waals surface area contributed by atoms with Crippen LogP contribution in [0.15, 0.2) is 51.3 Å². The first-order valence-electron chi connectivity index (χ1n) is 14.0. The first kappa shape index (κ1) is 31.0. The molecule has 232 valence electrons. The van der Waals surface area contributed by atoms with Gasteiger partial charge in [0.1, 0.15) is 16.2 Å². The van der Waals surface area contributed by atoms with Gasteiger partial charge in [-0.25, -0.2) is 8.42 Å². The minimum Gasteiger partial charge on any atom is -0.506 e. The van der Waals surface area contributed by atoms with E-state index in [2.05, 4.69) is 19.8 Å². The van der Waals surface area contributed by atoms with Gasteiger partial charge in [-0.2, -0.15) is 0 Å². The number of anilines is 2. The van der Waals surface area contributed by atoms with Gasteiger partial charge in [0.25, 0.3) is 0 Å². The predicted octanol–water partition coefficient (Wildman–Crippen LogP) is 4.51. The number of carboxylic acids is 1. The summed E-state index contributed by atoms with van der Waals surface area (Å²) in [5.41, 5.74) is -1.25. The lowest BCUT2D eigenvalue weighted by Gasteiger charge is -2.39. The van der Waals surface area contributed by atoms with Crippen LogP contribution in [0.5, 0.6) is 0 Å². The molecule has 2 heterocycles. The highest BCUT2D eigenvalue weighted by molar-refractivity contribution is 8.23. The lowest BCUT2D eigenvalue weighted by atomic mass is 9.64. The summed E-state index contributed by atoms with van der Waals surface area (Å²) in [6, 6.07) is 9.14. The number of rotatable bonds is 9. The van der Waals surface area contributed by atoms with E-state index in [0.29, 0.717) is 18.4 Å². The number of carboxylic acid groups (broad SMARTS) is 1. The van der Waals surface area contributed by atoms with E-state index in [0.717, 1.165) is 25.6 Å². The summed E-state index contributed by atoms with van der Waals surface area (Å²) in [7, 11) is -7.68. The Kier molecular flexibility index (Phi) is 8.11. The van der Waals surface area contributed by atoms with Crippen LogP contribution in [0.1, 0.15) is 56.2 Å². The third-order valence-corrected chi connectivity index (χ3v) is 10.0. The highest BCUT2D eigenvalue weighted by Gasteiger charge is 2.55. The Balaban J connectivity index is 1.70. The molecule has 12 nitrogen and oxygen atoms in total. The molecule has 0 amide bonds. The standard InChI is InChI=1S/C29H36N4O8S2/c1-16(2)11-12-29(28(36)37)20-8-4-6-17(14-18-7-5-13-30-18)23(20)25(34)24(26(29)35)27-31-21-10-9-19(32-42(3,38)39)15-22(21)43(40,41)33-27/h4,6,8-10,15-16,18,30,32,34,40-41H,5,7,11-14H2,1-3H3,(H,31,33)(H,36,37)/t18?,29-/m0/s1. The molecule has 0 spiro atoms. The third kappa shape index (κ3) is 5.77. The number of nitrogens with one attached hydrogen (secondary N) is 3. The van der Waals surface area contributed by atoms with E-state index in [-0.39, 0.29) is 51.6 Å². The lowest BCUT2D eigenvalue weighted by molar-refractivity contribution is -0.148. The van der Waals surface area contributed by atoms with Gasteiger partial charge in [-0.15, -0.1) is 4.40 Å². The number of amidine groups is 1. The number of aliphatic hydroxyl groups is 1. The number of benzene rings is 2. The number of aliphatic carboxylic acids is 1. The maximum atomic E-state index is 14.4. The van der Waals surface area contributed by atoms with Crippen molar-refractivity contribution in [3.63, 3.8) is 0 Å². The van der Waals surface area contributed by atoms with Crippen LogP contribution in [0.4, 0.5) is 11.4 Å². The molecule has 2 aromatic rings. The molecule has 5 rings (SSSR count). The van der Waals surface area contributed by atoms with Crippen molar-refractivity contribution in [1.82, 2.24) is 5.32 Å². The van der Waals surface area contributed by atoms with Crippen molar-refractivity contribution in [3.8, 4) is 0 Å². The number of carbonyl (C=O) groups is 2. The van der Waals surface area contributed by atoms with Crippen LogP contribution in [0.3, 0.4) is 0 Å². The number of hydrogen-bond acceptors (Lipinski definition) is 10. The molecule has 0 radical (unpaired) electrons. The molecule has 43 heavy (non-hydrogen) atoms. The number of aliphatic hydroxyl groups excluding tert-OH is 1. The Morgan fingerprint density at radius 3 is 2.60 bits per heavy atom. The molecule has 1 saturated heterocycles. The summed E-state index contributed by atoms with van der Waals surface area (Å²) in [4.78, 5) is 27.5. The molecule has 0 bridgehead atoms. The first-order valence-corrected chi connectivity index (χ1v) is 17.4. The summed E-state index contributed by atoms with van der Waals surface area (Å²) < 4.78 is 51.9. The van der Waals surface area contributed by atoms with E-state index in [9.17, 15) is 37.3 Å². The van der Waals surface area contributed by atoms with Crippen molar-refractivity contribution in [3.05, 3.63) is 58.7 Å². The maximum absolute atomic E-state index is 14.4. The summed E-state index contributed by atoms with van der Waals surface area (Å²) >= 11 is 0. The Morgan fingerprint density at radius 1 is 1.23 bits per heavy atom. The van der Waals surface area contributed by atoms with E-state index in [4.69, 9.17) is 0 Å². The van der Waals surface area contributed by atoms with Gasteiger partial charge >= 0.3 is 5.97 Å². The second kappa shape index (κ2) is 11.2. The smallest absolute Gasteiger partial charge is 0.322 e. The quantitative estimate of drug-likeness (QED) is 0.193. The highest BCUT2D eigenvalue weighted by Crippen LogP contribution is 2.57. The minimum atomic E-state index is -4.02. The predicted molar refractivity (Wildman–Crippen MR) is 166 cm³/mol. The Hall–Kier alpha value is -3.43. The van der Waals surface area contributed by atoms with Gasteiger partial charge in [-0.05, 0) is 73.9 Å². The molecule has 2 aliphatic heterocycles. The third-order valence-electron chi connectivity index (χ3n) is 8.08. The molecule has 14 heteroatoms. The zero-order chi connectivity index (χ0) is 31.3. The Labute approximate surface area is 251 Å². The van der Waals surface area contributed by atoms with Crippen LogP contribution in [0, 0.1) is 5.92 Å². The van der Waals surface area contributed by atoms with Crippen molar-refractivity contribution in [2.75, 3.05) is 22.8 Å². The van der Waals surface area contributed by atoms with Crippen molar-refractivity contribution in [2.45, 2.75) is 62.3 Å². The second-order valence-corrected chi connectivity index (χ2v) is 15.1. The molecule has 1 fully saturated rings. The van der Waals surface area contributed by atoms with Crippen LogP contribution in [-0.4, -0.2) is 64.2 Å². The summed E-state index contributed by atoms with van der Waals surface area (Å²) in [6.07, 6.45) is 3.67. The number of sulfonamides is 1. The number of Topliss-reactive ketones (excluding diaryl/α,β-unsaturated/α-hetero) is 1. The van der Waals surface area contributed by atoms with Gasteiger partial charge in [0.05, 0.1) is 17.6 Å². The fourth-order valence-corrected chi connectivity index (χ4v) is 7.77. The van der Waals surface area contributed by atoms with Crippen LogP contribution in [0.25, 0.3) is 5.76 Å². The molecule has 2 atom stereocenters. The molecule has 1 unspecified atom stereocenters. The fraction of sp³-hybridized carbons (Fsp3) is 0.414. The number of fused-ring (bicyclic) bond motifs is 2. The minimum absolute atomic E-state index is 0.0472. The average molecular weight is 633 g/mol. The molecule has 7 N–H and O–H groups in total. The molecular formula is C29H36N4O8S2. The largest absolute Gasteiger partial charge is 0.506 e. The number of carbonyl (C=O) groups excluding carboxylic acids is 1. The van der Waals surface area contributed by atoms with Crippen LogP contribution in [-0.2, 0) is 31.4 Å². The topological polar surface area (TPSA) is 198 Å². The maximum Gasteiger partial charge on any atom is 0.322 e. The normalized spacial score (nSPS) is 23.7. The molecule has 0 saturated carbocycles. The van der Waals surface area contributed by atoms with E-state index in [1.54, 1.807) is 18.2 Å². The number of hydrogen-bond donors (Lipinski definition) is 7. The van der Waals surface area contributed by atoms with Crippen molar-refractivity contribution < 1.29 is 37.3 Å². The van der Waals surface area contributed by atoms with Crippen molar-refractivity contribution in [2.24, 2.45) is 10.3 Å². The zero-order valence-corrected chi connectivity index (χ0v) is 25.7. The summed E-state index contributed by atoms with van der Waals surface area (Å²) in [6.45, 7) is 4.69. The second-order valence-electron chi connectivity index (χ2n) is 11.7. The molecule has 3 aliphatic rings. The summed E-state index contributed by atoms with van der Waals surface area (Å²) in [5.74, 6) is -3.09. The summed E-state index contributed by atoms with van der Waals surface area (Å²) in [5, 5.41) is 28.8. The Bertz CT molecular complexity index is 1660. The van der Waals surface area contributed by atoms with Gasteiger partial charge < -0.3 is 20.8 Å². The van der Waals surface area contributed by atoms with Gasteiger partial charge in [0, 0.05) is 11.6 Å². The fourth-order valence-electron chi connectivity index (χ4n) is 6.03. The van der Waals surface area contributed by atoms with Crippen molar-refractivity contribution >= 4 is 55.5 Å². The molecule has 0 aromatic heterocycles. The number of nitrogens with zero attached hydrogens (tertiary/aromatic N) is 1. The average Bonchev–Trinajstić information content (AvgIpc) is 3.41. The van der Waals surface area contributed by atoms with E-state index in [1.807, 2.05) is 13.8 Å². The lowest BCUT2D eigenvalue weighted by Crippen LogP contribution is -2.50. The van der Waals surface area contributed by atoms with E-state index >= 15 is 0 Å². The van der Waals surface area contributed by atoms with E-state index in [1.165, 1.54) is 18.2 Å². The van der Waals surface area contributed by atoms with Crippen LogP contribution >= 0.6 is 10.8 Å². The Morgan fingerprint density at radius 2 is 1.98 bits per heavy atom. The van der Waals surface area contributed by atoms with E-state index < -0.39 is 49.3 Å². The van der Waals surface area contributed by atoms with Gasteiger partial charge in [-0.3, -0.25) is 23.4 Å². The van der Waals surface area contributed by atoms with Gasteiger partial charge in [0.15, 0.2) is 17.0 Å². The SMILES string of the molecule is CC(C)CC[C@@]1(C(=O)O)C(=O)C(C2=NS(O)(O)c3cc(NS(C)(=O)=O)ccc3N2)=C(O)c2c(CC3CCCN3)cccc21. The molecule has 2 aromatic carbocycles. The number of ketones is 1.